The van der Waals surface area contributed by atoms with E-state index in [0.29, 0.717) is 0 Å². The van der Waals surface area contributed by atoms with Gasteiger partial charge in [-0.1, -0.05) is 72.6 Å². The van der Waals surface area contributed by atoms with Crippen LogP contribution in [0.25, 0.3) is 0 Å². The van der Waals surface area contributed by atoms with Crippen molar-refractivity contribution in [2.45, 2.75) is 91.6 Å². The van der Waals surface area contributed by atoms with E-state index in [0.717, 1.165) is 37.5 Å². The molecule has 0 spiro atoms. The first-order valence-corrected chi connectivity index (χ1v) is 9.86. The number of nitrogens with two attached hydrogens (primary N) is 1. The fraction of sp³-hybridized carbons (Fsp3) is 0.950. The summed E-state index contributed by atoms with van der Waals surface area (Å²) in [6.45, 7) is 8.40. The normalized spacial score (nSPS) is 17.9. The average Bonchev–Trinajstić information content (AvgIpc) is 2.53. The molecule has 4 heteroatoms. The third-order valence-electron chi connectivity index (χ3n) is 5.41. The smallest absolute Gasteiger partial charge is 0.220 e. The van der Waals surface area contributed by atoms with Gasteiger partial charge in [0.25, 0.3) is 0 Å². The van der Waals surface area contributed by atoms with Crippen molar-refractivity contribution in [1.29, 1.82) is 0 Å². The predicted molar refractivity (Wildman–Crippen MR) is 100 cm³/mol. The zero-order valence-electron chi connectivity index (χ0n) is 16.3. The number of primary amides is 1. The van der Waals surface area contributed by atoms with Crippen LogP contribution in [-0.2, 0) is 4.79 Å². The molecule has 0 aromatic heterocycles. The summed E-state index contributed by atoms with van der Waals surface area (Å²) in [5, 5.41) is 18.5. The van der Waals surface area contributed by atoms with Crippen LogP contribution in [0, 0.1) is 23.7 Å². The Morgan fingerprint density at radius 1 is 0.833 bits per heavy atom. The molecular weight excluding hydrogens is 302 g/mol. The van der Waals surface area contributed by atoms with Crippen molar-refractivity contribution in [3.05, 3.63) is 0 Å². The molecule has 0 aromatic carbocycles. The van der Waals surface area contributed by atoms with Crippen molar-refractivity contribution >= 4 is 5.91 Å². The zero-order valence-corrected chi connectivity index (χ0v) is 16.3. The number of aliphatic hydroxyl groups is 2. The van der Waals surface area contributed by atoms with Crippen LogP contribution >= 0.6 is 0 Å². The van der Waals surface area contributed by atoms with Crippen LogP contribution in [0.5, 0.6) is 0 Å². The average molecular weight is 344 g/mol. The third kappa shape index (κ3) is 11.9. The van der Waals surface area contributed by atoms with E-state index in [9.17, 15) is 9.90 Å². The number of hydrogen-bond donors (Lipinski definition) is 3. The number of carbonyl (C=O) groups excluding carboxylic acids is 1. The second-order valence-electron chi connectivity index (χ2n) is 8.03. The van der Waals surface area contributed by atoms with Gasteiger partial charge >= 0.3 is 0 Å². The van der Waals surface area contributed by atoms with E-state index in [-0.39, 0.29) is 24.3 Å². The molecule has 24 heavy (non-hydrogen) atoms. The molecule has 0 rings (SSSR count). The van der Waals surface area contributed by atoms with Gasteiger partial charge < -0.3 is 15.9 Å². The van der Waals surface area contributed by atoms with Crippen LogP contribution < -0.4 is 5.73 Å². The molecule has 0 radical (unpaired) electrons. The molecule has 0 fully saturated rings. The summed E-state index contributed by atoms with van der Waals surface area (Å²) < 4.78 is 0. The van der Waals surface area contributed by atoms with Gasteiger partial charge in [-0.15, -0.1) is 0 Å². The van der Waals surface area contributed by atoms with Crippen LogP contribution in [0.15, 0.2) is 0 Å². The first kappa shape index (κ1) is 23.4. The number of hydrogen-bond acceptors (Lipinski definition) is 3. The largest absolute Gasteiger partial charge is 0.394 e. The number of aliphatic hydroxyl groups excluding tert-OH is 2. The monoisotopic (exact) mass is 343 g/mol. The molecule has 0 aliphatic rings. The molecule has 0 heterocycles. The Hall–Kier alpha value is -0.610. The molecule has 4 N–H and O–H groups in total. The van der Waals surface area contributed by atoms with Gasteiger partial charge in [0, 0.05) is 5.92 Å². The molecule has 0 aromatic rings. The van der Waals surface area contributed by atoms with Crippen LogP contribution in [0.3, 0.4) is 0 Å². The second-order valence-corrected chi connectivity index (χ2v) is 8.03. The molecule has 0 saturated heterocycles. The number of amides is 1. The summed E-state index contributed by atoms with van der Waals surface area (Å²) in [4.78, 5) is 11.0. The maximum absolute atomic E-state index is 11.0. The van der Waals surface area contributed by atoms with Crippen molar-refractivity contribution in [1.82, 2.24) is 0 Å². The van der Waals surface area contributed by atoms with E-state index in [2.05, 4.69) is 13.8 Å². The van der Waals surface area contributed by atoms with E-state index >= 15 is 0 Å². The molecule has 0 bridgehead atoms. The van der Waals surface area contributed by atoms with Gasteiger partial charge in [-0.05, 0) is 30.6 Å². The molecule has 0 aliphatic heterocycles. The first-order chi connectivity index (χ1) is 11.3. The molecule has 1 amide bonds. The summed E-state index contributed by atoms with van der Waals surface area (Å²) in [6.07, 6.45) is 9.71. The fourth-order valence-corrected chi connectivity index (χ4v) is 3.18. The lowest BCUT2D eigenvalue weighted by atomic mass is 9.90. The van der Waals surface area contributed by atoms with E-state index in [1.54, 1.807) is 0 Å². The Bertz CT molecular complexity index is 322. The Balaban J connectivity index is 3.62. The minimum Gasteiger partial charge on any atom is -0.394 e. The van der Waals surface area contributed by atoms with Crippen molar-refractivity contribution in [3.8, 4) is 0 Å². The molecule has 144 valence electrons. The highest BCUT2D eigenvalue weighted by atomic mass is 16.3. The van der Waals surface area contributed by atoms with Crippen LogP contribution in [0.2, 0.25) is 0 Å². The van der Waals surface area contributed by atoms with Crippen LogP contribution in [0.1, 0.15) is 85.5 Å². The van der Waals surface area contributed by atoms with E-state index in [4.69, 9.17) is 10.8 Å². The van der Waals surface area contributed by atoms with E-state index in [1.807, 2.05) is 13.8 Å². The molecule has 0 saturated carbocycles. The lowest BCUT2D eigenvalue weighted by molar-refractivity contribution is -0.121. The van der Waals surface area contributed by atoms with Crippen LogP contribution in [0.4, 0.5) is 0 Å². The maximum atomic E-state index is 11.0. The second kappa shape index (κ2) is 13.7. The van der Waals surface area contributed by atoms with Crippen molar-refractivity contribution in [2.75, 3.05) is 6.61 Å². The minimum absolute atomic E-state index is 0.00367. The number of rotatable bonds is 15. The SMILES string of the molecule is CC(CCCC(C)CCCC(C)C(O)CO)CCCC(C)C(N)=O. The fourth-order valence-electron chi connectivity index (χ4n) is 3.18. The van der Waals surface area contributed by atoms with Gasteiger partial charge in [-0.2, -0.15) is 0 Å². The highest BCUT2D eigenvalue weighted by Crippen LogP contribution is 2.22. The van der Waals surface area contributed by atoms with Gasteiger partial charge in [-0.3, -0.25) is 4.79 Å². The van der Waals surface area contributed by atoms with Gasteiger partial charge in [0.15, 0.2) is 0 Å². The first-order valence-electron chi connectivity index (χ1n) is 9.86. The molecule has 5 unspecified atom stereocenters. The van der Waals surface area contributed by atoms with Crippen LogP contribution in [-0.4, -0.2) is 28.8 Å². The quantitative estimate of drug-likeness (QED) is 0.422. The Morgan fingerprint density at radius 3 is 1.67 bits per heavy atom. The Labute approximate surface area is 149 Å². The standard InChI is InChI=1S/C20H41NO3/c1-15(10-6-12-17(3)19(23)14-22)8-5-9-16(2)11-7-13-18(4)20(21)24/h15-19,22-23H,5-14H2,1-4H3,(H2,21,24). The number of carbonyl (C=O) groups is 1. The Morgan fingerprint density at radius 2 is 1.25 bits per heavy atom. The third-order valence-corrected chi connectivity index (χ3v) is 5.41. The zero-order chi connectivity index (χ0) is 18.5. The van der Waals surface area contributed by atoms with Gasteiger partial charge in [0.2, 0.25) is 5.91 Å². The van der Waals surface area contributed by atoms with Gasteiger partial charge in [0.05, 0.1) is 12.7 Å². The summed E-state index contributed by atoms with van der Waals surface area (Å²) in [5.74, 6) is 1.45. The Kier molecular flexibility index (Phi) is 13.3. The lowest BCUT2D eigenvalue weighted by Crippen LogP contribution is -2.21. The molecule has 0 aliphatic carbocycles. The van der Waals surface area contributed by atoms with Crippen molar-refractivity contribution in [3.63, 3.8) is 0 Å². The molecule has 5 atom stereocenters. The topological polar surface area (TPSA) is 83.6 Å². The summed E-state index contributed by atoms with van der Waals surface area (Å²) in [7, 11) is 0. The summed E-state index contributed by atoms with van der Waals surface area (Å²) in [5.41, 5.74) is 5.28. The highest BCUT2D eigenvalue weighted by Gasteiger charge is 2.13. The van der Waals surface area contributed by atoms with Gasteiger partial charge in [0.1, 0.15) is 0 Å². The summed E-state index contributed by atoms with van der Waals surface area (Å²) in [6, 6.07) is 0. The molecule has 4 nitrogen and oxygen atoms in total. The van der Waals surface area contributed by atoms with Crippen molar-refractivity contribution < 1.29 is 15.0 Å². The maximum Gasteiger partial charge on any atom is 0.220 e. The van der Waals surface area contributed by atoms with E-state index < -0.39 is 6.10 Å². The lowest BCUT2D eigenvalue weighted by Gasteiger charge is -2.18. The van der Waals surface area contributed by atoms with Crippen molar-refractivity contribution in [2.24, 2.45) is 29.4 Å². The van der Waals surface area contributed by atoms with Gasteiger partial charge in [-0.25, -0.2) is 0 Å². The highest BCUT2D eigenvalue weighted by molar-refractivity contribution is 5.76. The molecular formula is C20H41NO3. The summed E-state index contributed by atoms with van der Waals surface area (Å²) >= 11 is 0. The predicted octanol–water partition coefficient (Wildman–Crippen LogP) is 3.88. The van der Waals surface area contributed by atoms with E-state index in [1.165, 1.54) is 32.1 Å². The minimum atomic E-state index is -0.571.